The Morgan fingerprint density at radius 1 is 1.11 bits per heavy atom. The average Bonchev–Trinajstić information content (AvgIpc) is 2.37. The highest BCUT2D eigenvalue weighted by atomic mass is 16.5. The molecule has 0 aliphatic carbocycles. The second-order valence-corrected chi connectivity index (χ2v) is 4.35. The van der Waals surface area contributed by atoms with Gasteiger partial charge in [0.1, 0.15) is 11.8 Å². The second-order valence-electron chi connectivity index (χ2n) is 4.35. The molecule has 0 radical (unpaired) electrons. The fourth-order valence-electron chi connectivity index (χ4n) is 1.80. The number of nitrogens with one attached hydrogen (secondary N) is 1. The summed E-state index contributed by atoms with van der Waals surface area (Å²) in [5.41, 5.74) is 0. The van der Waals surface area contributed by atoms with Crippen LogP contribution in [0.5, 0.6) is 5.75 Å². The number of benzene rings is 2. The number of hydrogen-bond donors (Lipinski definition) is 1. The Kier molecular flexibility index (Phi) is 3.80. The topological polar surface area (TPSA) is 55.4 Å². The van der Waals surface area contributed by atoms with Gasteiger partial charge in [-0.15, -0.1) is 0 Å². The zero-order valence-corrected chi connectivity index (χ0v) is 10.8. The molecule has 0 aliphatic heterocycles. The quantitative estimate of drug-likeness (QED) is 0.678. The lowest BCUT2D eigenvalue weighted by molar-refractivity contribution is -0.138. The third-order valence-electron chi connectivity index (χ3n) is 2.71. The number of ether oxygens (including phenoxy) is 1. The summed E-state index contributed by atoms with van der Waals surface area (Å²) in [6.45, 7) is 2.95. The predicted molar refractivity (Wildman–Crippen MR) is 72.9 cm³/mol. The van der Waals surface area contributed by atoms with Crippen molar-refractivity contribution >= 4 is 22.6 Å². The third kappa shape index (κ3) is 3.31. The molecule has 2 aromatic carbocycles. The van der Waals surface area contributed by atoms with Gasteiger partial charge in [-0.25, -0.2) is 4.79 Å². The van der Waals surface area contributed by atoms with E-state index in [0.717, 1.165) is 10.8 Å². The van der Waals surface area contributed by atoms with Gasteiger partial charge in [0, 0.05) is 6.92 Å². The summed E-state index contributed by atoms with van der Waals surface area (Å²) in [4.78, 5) is 22.6. The first kappa shape index (κ1) is 13.1. The maximum atomic E-state index is 11.7. The van der Waals surface area contributed by atoms with Crippen LogP contribution in [0.4, 0.5) is 0 Å². The van der Waals surface area contributed by atoms with E-state index in [4.69, 9.17) is 4.74 Å². The summed E-state index contributed by atoms with van der Waals surface area (Å²) >= 11 is 0. The largest absolute Gasteiger partial charge is 0.425 e. The Bertz CT molecular complexity index is 622. The summed E-state index contributed by atoms with van der Waals surface area (Å²) in [5.74, 6) is -0.269. The van der Waals surface area contributed by atoms with Crippen molar-refractivity contribution < 1.29 is 14.3 Å². The summed E-state index contributed by atoms with van der Waals surface area (Å²) < 4.78 is 5.23. The second kappa shape index (κ2) is 5.52. The Balaban J connectivity index is 2.12. The minimum atomic E-state index is -0.663. The Labute approximate surface area is 111 Å². The molecular weight excluding hydrogens is 242 g/mol. The zero-order chi connectivity index (χ0) is 13.8. The zero-order valence-electron chi connectivity index (χ0n) is 10.8. The van der Waals surface area contributed by atoms with E-state index in [2.05, 4.69) is 5.32 Å². The first-order valence-corrected chi connectivity index (χ1v) is 6.04. The molecule has 0 fully saturated rings. The van der Waals surface area contributed by atoms with Crippen LogP contribution in [0.1, 0.15) is 13.8 Å². The molecular formula is C15H15NO3. The van der Waals surface area contributed by atoms with Gasteiger partial charge in [0.25, 0.3) is 0 Å². The van der Waals surface area contributed by atoms with Crippen LogP contribution in [0.15, 0.2) is 42.5 Å². The maximum absolute atomic E-state index is 11.7. The fraction of sp³-hybridized carbons (Fsp3) is 0.200. The predicted octanol–water partition coefficient (Wildman–Crippen LogP) is 2.27. The molecule has 4 heteroatoms. The number of fused-ring (bicyclic) bond motifs is 1. The highest BCUT2D eigenvalue weighted by Gasteiger charge is 2.16. The smallest absolute Gasteiger partial charge is 0.333 e. The molecule has 0 bridgehead atoms. The number of amides is 1. The Hall–Kier alpha value is -2.36. The molecule has 2 aromatic rings. The van der Waals surface area contributed by atoms with E-state index in [0.29, 0.717) is 5.75 Å². The van der Waals surface area contributed by atoms with Gasteiger partial charge in [-0.3, -0.25) is 4.79 Å². The van der Waals surface area contributed by atoms with E-state index < -0.39 is 12.0 Å². The Morgan fingerprint density at radius 3 is 2.47 bits per heavy atom. The number of hydrogen-bond acceptors (Lipinski definition) is 3. The normalized spacial score (nSPS) is 11.9. The van der Waals surface area contributed by atoms with Gasteiger partial charge < -0.3 is 10.1 Å². The highest BCUT2D eigenvalue weighted by molar-refractivity contribution is 5.87. The molecule has 0 saturated heterocycles. The summed E-state index contributed by atoms with van der Waals surface area (Å²) in [6.07, 6.45) is 0. The molecule has 98 valence electrons. The lowest BCUT2D eigenvalue weighted by atomic mass is 10.1. The van der Waals surface area contributed by atoms with Gasteiger partial charge in [-0.05, 0) is 29.8 Å². The van der Waals surface area contributed by atoms with Crippen molar-refractivity contribution in [3.05, 3.63) is 42.5 Å². The van der Waals surface area contributed by atoms with E-state index in [1.165, 1.54) is 6.92 Å². The van der Waals surface area contributed by atoms with Gasteiger partial charge in [-0.1, -0.05) is 30.3 Å². The number of carbonyl (C=O) groups excluding carboxylic acids is 2. The van der Waals surface area contributed by atoms with Crippen molar-refractivity contribution in [1.82, 2.24) is 5.32 Å². The molecule has 1 atom stereocenters. The van der Waals surface area contributed by atoms with E-state index in [1.807, 2.05) is 30.3 Å². The van der Waals surface area contributed by atoms with Crippen molar-refractivity contribution in [2.24, 2.45) is 0 Å². The van der Waals surface area contributed by atoms with E-state index in [9.17, 15) is 9.59 Å². The number of carbonyl (C=O) groups is 2. The van der Waals surface area contributed by atoms with Crippen LogP contribution >= 0.6 is 0 Å². The molecule has 19 heavy (non-hydrogen) atoms. The van der Waals surface area contributed by atoms with Gasteiger partial charge in [0.2, 0.25) is 5.91 Å². The molecule has 0 heterocycles. The molecule has 1 N–H and O–H groups in total. The van der Waals surface area contributed by atoms with E-state index >= 15 is 0 Å². The van der Waals surface area contributed by atoms with Crippen LogP contribution in [0.2, 0.25) is 0 Å². The van der Waals surface area contributed by atoms with Crippen molar-refractivity contribution in [3.8, 4) is 5.75 Å². The lowest BCUT2D eigenvalue weighted by Gasteiger charge is -2.12. The van der Waals surface area contributed by atoms with Crippen LogP contribution in [0.3, 0.4) is 0 Å². The van der Waals surface area contributed by atoms with E-state index in [-0.39, 0.29) is 5.91 Å². The van der Waals surface area contributed by atoms with E-state index in [1.54, 1.807) is 19.1 Å². The van der Waals surface area contributed by atoms with Crippen LogP contribution in [-0.2, 0) is 9.59 Å². The van der Waals surface area contributed by atoms with Gasteiger partial charge in [-0.2, -0.15) is 0 Å². The molecule has 0 aliphatic rings. The first-order chi connectivity index (χ1) is 9.06. The number of esters is 1. The third-order valence-corrected chi connectivity index (χ3v) is 2.71. The molecule has 0 saturated carbocycles. The fourth-order valence-corrected chi connectivity index (χ4v) is 1.80. The molecule has 2 rings (SSSR count). The lowest BCUT2D eigenvalue weighted by Crippen LogP contribution is -2.39. The Morgan fingerprint density at radius 2 is 1.79 bits per heavy atom. The standard InChI is InChI=1S/C15H15NO3/c1-10(16-11(2)17)15(18)19-14-8-7-12-5-3-4-6-13(12)9-14/h3-10H,1-2H3,(H,16,17)/t10-/m0/s1. The average molecular weight is 257 g/mol. The minimum Gasteiger partial charge on any atom is -0.425 e. The molecule has 1 amide bonds. The summed E-state index contributed by atoms with van der Waals surface area (Å²) in [6, 6.07) is 12.6. The van der Waals surface area contributed by atoms with Crippen LogP contribution in [-0.4, -0.2) is 17.9 Å². The van der Waals surface area contributed by atoms with Gasteiger partial charge in [0.05, 0.1) is 0 Å². The minimum absolute atomic E-state index is 0.261. The molecule has 0 spiro atoms. The van der Waals surface area contributed by atoms with Crippen LogP contribution < -0.4 is 10.1 Å². The van der Waals surface area contributed by atoms with Crippen LogP contribution in [0.25, 0.3) is 10.8 Å². The van der Waals surface area contributed by atoms with Crippen molar-refractivity contribution in [2.75, 3.05) is 0 Å². The molecule has 0 unspecified atom stereocenters. The van der Waals surface area contributed by atoms with Crippen molar-refractivity contribution in [2.45, 2.75) is 19.9 Å². The van der Waals surface area contributed by atoms with Crippen molar-refractivity contribution in [1.29, 1.82) is 0 Å². The van der Waals surface area contributed by atoms with Crippen LogP contribution in [0, 0.1) is 0 Å². The van der Waals surface area contributed by atoms with Crippen molar-refractivity contribution in [3.63, 3.8) is 0 Å². The monoisotopic (exact) mass is 257 g/mol. The van der Waals surface area contributed by atoms with Gasteiger partial charge in [0.15, 0.2) is 0 Å². The number of rotatable bonds is 3. The summed E-state index contributed by atoms with van der Waals surface area (Å²) in [7, 11) is 0. The highest BCUT2D eigenvalue weighted by Crippen LogP contribution is 2.20. The van der Waals surface area contributed by atoms with Gasteiger partial charge >= 0.3 is 5.97 Å². The first-order valence-electron chi connectivity index (χ1n) is 6.04. The summed E-state index contributed by atoms with van der Waals surface area (Å²) in [5, 5.41) is 4.57. The SMILES string of the molecule is CC(=O)N[C@@H](C)C(=O)Oc1ccc2ccccc2c1. The molecule has 4 nitrogen and oxygen atoms in total. The maximum Gasteiger partial charge on any atom is 0.333 e. The molecule has 0 aromatic heterocycles.